The summed E-state index contributed by atoms with van der Waals surface area (Å²) in [5.41, 5.74) is 8.01. The molecule has 3 N–H and O–H groups in total. The first-order valence-electron chi connectivity index (χ1n) is 6.84. The number of rotatable bonds is 3. The molecule has 1 aliphatic carbocycles. The van der Waals surface area contributed by atoms with E-state index >= 15 is 0 Å². The summed E-state index contributed by atoms with van der Waals surface area (Å²) < 4.78 is 1.02. The molecule has 1 fully saturated rings. The Hall–Kier alpha value is -0.330. The molecule has 3 nitrogen and oxygen atoms in total. The SMILES string of the molecule is Cc1cccc(C(=O)NCC2(N)CCCCC2)c1I.Cl. The third-order valence-corrected chi connectivity index (χ3v) is 5.32. The van der Waals surface area contributed by atoms with E-state index in [2.05, 4.69) is 27.9 Å². The second-order valence-electron chi connectivity index (χ2n) is 5.54. The van der Waals surface area contributed by atoms with Crippen LogP contribution in [0.1, 0.15) is 48.0 Å². The number of nitrogens with one attached hydrogen (secondary N) is 1. The van der Waals surface area contributed by atoms with Gasteiger partial charge in [-0.1, -0.05) is 31.4 Å². The van der Waals surface area contributed by atoms with Crippen molar-refractivity contribution >= 4 is 40.9 Å². The maximum Gasteiger partial charge on any atom is 0.252 e. The average Bonchev–Trinajstić information content (AvgIpc) is 2.40. The fraction of sp³-hybridized carbons (Fsp3) is 0.533. The van der Waals surface area contributed by atoms with Crippen LogP contribution < -0.4 is 11.1 Å². The number of carbonyl (C=O) groups excluding carboxylic acids is 1. The fourth-order valence-electron chi connectivity index (χ4n) is 2.61. The first-order valence-corrected chi connectivity index (χ1v) is 7.92. The molecule has 1 aliphatic rings. The Morgan fingerprint density at radius 1 is 1.35 bits per heavy atom. The summed E-state index contributed by atoms with van der Waals surface area (Å²) in [6.07, 6.45) is 5.64. The minimum atomic E-state index is -0.205. The van der Waals surface area contributed by atoms with Gasteiger partial charge in [-0.05, 0) is 54.0 Å². The van der Waals surface area contributed by atoms with Crippen molar-refractivity contribution in [3.63, 3.8) is 0 Å². The molecule has 0 bridgehead atoms. The summed E-state index contributed by atoms with van der Waals surface area (Å²) in [6, 6.07) is 5.81. The topological polar surface area (TPSA) is 55.1 Å². The Kier molecular flexibility index (Phi) is 6.75. The molecule has 1 amide bonds. The summed E-state index contributed by atoms with van der Waals surface area (Å²) in [5.74, 6) is -0.0106. The van der Waals surface area contributed by atoms with Crippen LogP contribution in [-0.2, 0) is 0 Å². The van der Waals surface area contributed by atoms with E-state index in [4.69, 9.17) is 5.73 Å². The Labute approximate surface area is 140 Å². The van der Waals surface area contributed by atoms with Crippen molar-refractivity contribution in [2.45, 2.75) is 44.6 Å². The zero-order valence-electron chi connectivity index (χ0n) is 11.7. The largest absolute Gasteiger partial charge is 0.350 e. The second kappa shape index (κ2) is 7.61. The molecular formula is C15H22ClIN2O. The van der Waals surface area contributed by atoms with Gasteiger partial charge in [-0.2, -0.15) is 0 Å². The van der Waals surface area contributed by atoms with Crippen LogP contribution in [0.5, 0.6) is 0 Å². The van der Waals surface area contributed by atoms with Gasteiger partial charge in [0.15, 0.2) is 0 Å². The van der Waals surface area contributed by atoms with Gasteiger partial charge in [0.25, 0.3) is 5.91 Å². The molecule has 0 radical (unpaired) electrons. The monoisotopic (exact) mass is 408 g/mol. The third kappa shape index (κ3) is 4.33. The van der Waals surface area contributed by atoms with Gasteiger partial charge >= 0.3 is 0 Å². The van der Waals surface area contributed by atoms with E-state index in [1.807, 2.05) is 25.1 Å². The number of halogens is 2. The van der Waals surface area contributed by atoms with E-state index < -0.39 is 0 Å². The number of hydrogen-bond acceptors (Lipinski definition) is 2. The summed E-state index contributed by atoms with van der Waals surface area (Å²) in [6.45, 7) is 2.60. The van der Waals surface area contributed by atoms with Gasteiger partial charge in [-0.3, -0.25) is 4.79 Å². The minimum absolute atomic E-state index is 0. The zero-order valence-corrected chi connectivity index (χ0v) is 14.7. The van der Waals surface area contributed by atoms with Crippen molar-refractivity contribution in [1.82, 2.24) is 5.32 Å². The lowest BCUT2D eigenvalue weighted by Crippen LogP contribution is -2.51. The zero-order chi connectivity index (χ0) is 13.9. The maximum atomic E-state index is 12.2. The Balaban J connectivity index is 0.00000200. The highest BCUT2D eigenvalue weighted by Gasteiger charge is 2.28. The lowest BCUT2D eigenvalue weighted by molar-refractivity contribution is 0.0936. The molecule has 1 aromatic carbocycles. The van der Waals surface area contributed by atoms with E-state index in [0.717, 1.165) is 27.5 Å². The van der Waals surface area contributed by atoms with E-state index in [1.54, 1.807) is 0 Å². The number of carbonyl (C=O) groups is 1. The van der Waals surface area contributed by atoms with Crippen LogP contribution in [0.3, 0.4) is 0 Å². The van der Waals surface area contributed by atoms with Gasteiger partial charge in [0.1, 0.15) is 0 Å². The molecule has 20 heavy (non-hydrogen) atoms. The molecule has 1 saturated carbocycles. The van der Waals surface area contributed by atoms with Gasteiger partial charge in [-0.15, -0.1) is 12.4 Å². The van der Waals surface area contributed by atoms with Gasteiger partial charge in [0, 0.05) is 15.7 Å². The molecule has 0 heterocycles. The quantitative estimate of drug-likeness (QED) is 0.753. The van der Waals surface area contributed by atoms with Crippen LogP contribution in [-0.4, -0.2) is 18.0 Å². The molecule has 0 saturated heterocycles. The van der Waals surface area contributed by atoms with Crippen molar-refractivity contribution in [3.05, 3.63) is 32.9 Å². The second-order valence-corrected chi connectivity index (χ2v) is 6.62. The minimum Gasteiger partial charge on any atom is -0.350 e. The smallest absolute Gasteiger partial charge is 0.252 e. The van der Waals surface area contributed by atoms with Crippen LogP contribution in [0.15, 0.2) is 18.2 Å². The molecule has 0 aromatic heterocycles. The number of benzene rings is 1. The van der Waals surface area contributed by atoms with Crippen LogP contribution in [0, 0.1) is 10.5 Å². The highest BCUT2D eigenvalue weighted by molar-refractivity contribution is 14.1. The molecule has 2 rings (SSSR count). The van der Waals surface area contributed by atoms with Gasteiger partial charge in [0.05, 0.1) is 5.56 Å². The third-order valence-electron chi connectivity index (χ3n) is 3.89. The first kappa shape index (κ1) is 17.7. The van der Waals surface area contributed by atoms with Gasteiger partial charge < -0.3 is 11.1 Å². The van der Waals surface area contributed by atoms with E-state index in [-0.39, 0.29) is 23.9 Å². The number of amides is 1. The number of nitrogens with two attached hydrogens (primary N) is 1. The van der Waals surface area contributed by atoms with Crippen molar-refractivity contribution in [3.8, 4) is 0 Å². The average molecular weight is 409 g/mol. The Bertz CT molecular complexity index is 473. The van der Waals surface area contributed by atoms with Crippen LogP contribution >= 0.6 is 35.0 Å². The fourth-order valence-corrected chi connectivity index (χ4v) is 3.21. The number of aryl methyl sites for hydroxylation is 1. The number of hydrogen-bond donors (Lipinski definition) is 2. The molecule has 0 unspecified atom stereocenters. The highest BCUT2D eigenvalue weighted by atomic mass is 127. The highest BCUT2D eigenvalue weighted by Crippen LogP contribution is 2.25. The van der Waals surface area contributed by atoms with Crippen molar-refractivity contribution < 1.29 is 4.79 Å². The lowest BCUT2D eigenvalue weighted by Gasteiger charge is -2.33. The van der Waals surface area contributed by atoms with Gasteiger partial charge in [-0.25, -0.2) is 0 Å². The molecule has 1 aromatic rings. The summed E-state index contributed by atoms with van der Waals surface area (Å²) in [7, 11) is 0. The Morgan fingerprint density at radius 2 is 2.00 bits per heavy atom. The Morgan fingerprint density at radius 3 is 2.65 bits per heavy atom. The molecule has 5 heteroatoms. The summed E-state index contributed by atoms with van der Waals surface area (Å²) >= 11 is 2.23. The van der Waals surface area contributed by atoms with Crippen LogP contribution in [0.4, 0.5) is 0 Å². The van der Waals surface area contributed by atoms with Crippen LogP contribution in [0.2, 0.25) is 0 Å². The predicted octanol–water partition coefficient (Wildman–Crippen LogP) is 3.41. The van der Waals surface area contributed by atoms with Gasteiger partial charge in [0.2, 0.25) is 0 Å². The predicted molar refractivity (Wildman–Crippen MR) is 93.5 cm³/mol. The molecule has 0 atom stereocenters. The molecular weight excluding hydrogens is 387 g/mol. The van der Waals surface area contributed by atoms with Crippen molar-refractivity contribution in [2.75, 3.05) is 6.54 Å². The van der Waals surface area contributed by atoms with Crippen LogP contribution in [0.25, 0.3) is 0 Å². The maximum absolute atomic E-state index is 12.2. The van der Waals surface area contributed by atoms with E-state index in [1.165, 1.54) is 19.3 Å². The van der Waals surface area contributed by atoms with Crippen molar-refractivity contribution in [1.29, 1.82) is 0 Å². The lowest BCUT2D eigenvalue weighted by atomic mass is 9.82. The first-order chi connectivity index (χ1) is 9.02. The molecule has 0 spiro atoms. The van der Waals surface area contributed by atoms with E-state index in [9.17, 15) is 4.79 Å². The summed E-state index contributed by atoms with van der Waals surface area (Å²) in [5, 5.41) is 3.01. The standard InChI is InChI=1S/C15H21IN2O.ClH/c1-11-6-5-7-12(13(11)16)14(19)18-10-15(17)8-3-2-4-9-15;/h5-7H,2-4,8-10,17H2,1H3,(H,18,19);1H. The van der Waals surface area contributed by atoms with E-state index in [0.29, 0.717) is 6.54 Å². The van der Waals surface area contributed by atoms with Crippen molar-refractivity contribution in [2.24, 2.45) is 5.73 Å². The molecule has 112 valence electrons. The molecule has 0 aliphatic heterocycles. The summed E-state index contributed by atoms with van der Waals surface area (Å²) in [4.78, 5) is 12.2. The normalized spacial score (nSPS) is 17.1.